The maximum Gasteiger partial charge on any atom is 0.237 e. The molecule has 1 fully saturated rings. The fraction of sp³-hybridized carbons (Fsp3) is 0.435. The smallest absolute Gasteiger partial charge is 0.237 e. The highest BCUT2D eigenvalue weighted by molar-refractivity contribution is 5.79. The Kier molecular flexibility index (Phi) is 6.45. The van der Waals surface area contributed by atoms with Gasteiger partial charge in [-0.2, -0.15) is 0 Å². The molecule has 1 amide bonds. The Morgan fingerprint density at radius 2 is 1.54 bits per heavy atom. The highest BCUT2D eigenvalue weighted by Gasteiger charge is 2.28. The van der Waals surface area contributed by atoms with Gasteiger partial charge in [0.15, 0.2) is 0 Å². The van der Waals surface area contributed by atoms with Gasteiger partial charge in [-0.15, -0.1) is 0 Å². The van der Waals surface area contributed by atoms with Gasteiger partial charge in [0.05, 0.1) is 12.6 Å². The lowest BCUT2D eigenvalue weighted by Gasteiger charge is -2.31. The van der Waals surface area contributed by atoms with Gasteiger partial charge in [0, 0.05) is 13.6 Å². The third kappa shape index (κ3) is 4.95. The van der Waals surface area contributed by atoms with Crippen LogP contribution >= 0.6 is 0 Å². The van der Waals surface area contributed by atoms with Crippen LogP contribution in [0.1, 0.15) is 43.4 Å². The summed E-state index contributed by atoms with van der Waals surface area (Å²) >= 11 is 0. The number of nitrogens with zero attached hydrogens (tertiary/aromatic N) is 2. The van der Waals surface area contributed by atoms with Gasteiger partial charge < -0.3 is 4.90 Å². The summed E-state index contributed by atoms with van der Waals surface area (Å²) in [5.74, 6) is 0.996. The molecule has 1 saturated carbocycles. The standard InChI is InChI=1S/C23H30N2O/c1-3-16-25(17-19-14-15-19)18-22(26)24(2)23(20-10-6-4-7-11-20)21-12-8-5-9-13-21/h4-13,19,23H,3,14-18H2,1-2H3. The fourth-order valence-electron chi connectivity index (χ4n) is 3.57. The van der Waals surface area contributed by atoms with E-state index >= 15 is 0 Å². The minimum absolute atomic E-state index is 0.0469. The highest BCUT2D eigenvalue weighted by atomic mass is 16.2. The van der Waals surface area contributed by atoms with E-state index in [4.69, 9.17) is 0 Å². The van der Waals surface area contributed by atoms with Crippen LogP contribution in [0.5, 0.6) is 0 Å². The first-order valence-corrected chi connectivity index (χ1v) is 9.77. The quantitative estimate of drug-likeness (QED) is 0.671. The summed E-state index contributed by atoms with van der Waals surface area (Å²) in [6, 6.07) is 20.6. The number of carbonyl (C=O) groups is 1. The predicted octanol–water partition coefficient (Wildman–Crippen LogP) is 4.36. The van der Waals surface area contributed by atoms with Crippen molar-refractivity contribution in [2.45, 2.75) is 32.2 Å². The molecule has 0 heterocycles. The normalized spacial score (nSPS) is 14.0. The summed E-state index contributed by atoms with van der Waals surface area (Å²) in [5.41, 5.74) is 2.30. The predicted molar refractivity (Wildman–Crippen MR) is 107 cm³/mol. The summed E-state index contributed by atoms with van der Waals surface area (Å²) in [5, 5.41) is 0. The van der Waals surface area contributed by atoms with E-state index in [1.807, 2.05) is 48.3 Å². The first kappa shape index (κ1) is 18.7. The summed E-state index contributed by atoms with van der Waals surface area (Å²) in [6.45, 7) is 4.76. The first-order valence-electron chi connectivity index (χ1n) is 9.77. The molecule has 2 aromatic carbocycles. The first-order chi connectivity index (χ1) is 12.7. The van der Waals surface area contributed by atoms with Gasteiger partial charge in [0.1, 0.15) is 0 Å². The molecule has 1 aliphatic rings. The lowest BCUT2D eigenvalue weighted by Crippen LogP contribution is -2.41. The monoisotopic (exact) mass is 350 g/mol. The van der Waals surface area contributed by atoms with Gasteiger partial charge >= 0.3 is 0 Å². The van der Waals surface area contributed by atoms with Crippen molar-refractivity contribution in [3.05, 3.63) is 71.8 Å². The zero-order valence-corrected chi connectivity index (χ0v) is 16.0. The van der Waals surface area contributed by atoms with E-state index in [0.29, 0.717) is 6.54 Å². The lowest BCUT2D eigenvalue weighted by molar-refractivity contribution is -0.132. The van der Waals surface area contributed by atoms with Crippen molar-refractivity contribution in [2.75, 3.05) is 26.7 Å². The van der Waals surface area contributed by atoms with Crippen molar-refractivity contribution in [1.82, 2.24) is 9.80 Å². The van der Waals surface area contributed by atoms with Gasteiger partial charge in [-0.05, 0) is 42.9 Å². The molecule has 0 aliphatic heterocycles. The largest absolute Gasteiger partial charge is 0.334 e. The molecule has 0 saturated heterocycles. The number of hydrogen-bond acceptors (Lipinski definition) is 2. The summed E-state index contributed by atoms with van der Waals surface area (Å²) in [7, 11) is 1.94. The second kappa shape index (κ2) is 9.00. The maximum absolute atomic E-state index is 13.1. The maximum atomic E-state index is 13.1. The zero-order valence-electron chi connectivity index (χ0n) is 16.0. The number of rotatable bonds is 9. The molecule has 3 rings (SSSR count). The minimum Gasteiger partial charge on any atom is -0.334 e. The average molecular weight is 351 g/mol. The van der Waals surface area contributed by atoms with Crippen LogP contribution in [-0.2, 0) is 4.79 Å². The SMILES string of the molecule is CCCN(CC(=O)N(C)C(c1ccccc1)c1ccccc1)CC1CC1. The van der Waals surface area contributed by atoms with E-state index in [1.165, 1.54) is 12.8 Å². The number of likely N-dealkylation sites (N-methyl/N-ethyl adjacent to an activating group) is 1. The van der Waals surface area contributed by atoms with Crippen molar-refractivity contribution in [1.29, 1.82) is 0 Å². The van der Waals surface area contributed by atoms with Crippen molar-refractivity contribution in [3.8, 4) is 0 Å². The van der Waals surface area contributed by atoms with E-state index in [1.54, 1.807) is 0 Å². The van der Waals surface area contributed by atoms with E-state index in [-0.39, 0.29) is 11.9 Å². The Balaban J connectivity index is 1.77. The van der Waals surface area contributed by atoms with Crippen LogP contribution in [0, 0.1) is 5.92 Å². The van der Waals surface area contributed by atoms with Gasteiger partial charge in [-0.25, -0.2) is 0 Å². The lowest BCUT2D eigenvalue weighted by atomic mass is 9.97. The van der Waals surface area contributed by atoms with Gasteiger partial charge in [0.25, 0.3) is 0 Å². The Morgan fingerprint density at radius 1 is 1.00 bits per heavy atom. The minimum atomic E-state index is -0.0469. The molecule has 3 nitrogen and oxygen atoms in total. The molecule has 2 aromatic rings. The Bertz CT molecular complexity index is 642. The van der Waals surface area contributed by atoms with Crippen molar-refractivity contribution in [3.63, 3.8) is 0 Å². The number of carbonyl (C=O) groups excluding carboxylic acids is 1. The van der Waals surface area contributed by atoms with Crippen molar-refractivity contribution < 1.29 is 4.79 Å². The van der Waals surface area contributed by atoms with Gasteiger partial charge in [-0.3, -0.25) is 9.69 Å². The molecule has 26 heavy (non-hydrogen) atoms. The van der Waals surface area contributed by atoms with Gasteiger partial charge in [0.2, 0.25) is 5.91 Å². The van der Waals surface area contributed by atoms with Crippen molar-refractivity contribution >= 4 is 5.91 Å². The van der Waals surface area contributed by atoms with E-state index in [0.717, 1.165) is 36.6 Å². The third-order valence-corrected chi connectivity index (χ3v) is 5.12. The number of benzene rings is 2. The molecule has 0 bridgehead atoms. The number of amides is 1. The molecule has 3 heteroatoms. The zero-order chi connectivity index (χ0) is 18.4. The third-order valence-electron chi connectivity index (χ3n) is 5.12. The average Bonchev–Trinajstić information content (AvgIpc) is 3.48. The second-order valence-corrected chi connectivity index (χ2v) is 7.41. The number of hydrogen-bond donors (Lipinski definition) is 0. The molecule has 0 aromatic heterocycles. The summed E-state index contributed by atoms with van der Waals surface area (Å²) < 4.78 is 0. The summed E-state index contributed by atoms with van der Waals surface area (Å²) in [6.07, 6.45) is 3.73. The van der Waals surface area contributed by atoms with Crippen LogP contribution in [0.4, 0.5) is 0 Å². The van der Waals surface area contributed by atoms with Crippen LogP contribution in [0.3, 0.4) is 0 Å². The molecule has 0 unspecified atom stereocenters. The van der Waals surface area contributed by atoms with E-state index in [2.05, 4.69) is 36.1 Å². The van der Waals surface area contributed by atoms with Gasteiger partial charge in [-0.1, -0.05) is 67.6 Å². The fourth-order valence-corrected chi connectivity index (χ4v) is 3.57. The van der Waals surface area contributed by atoms with E-state index < -0.39 is 0 Å². The molecule has 0 atom stereocenters. The van der Waals surface area contributed by atoms with Crippen LogP contribution in [0.15, 0.2) is 60.7 Å². The Labute approximate surface area is 157 Å². The molecule has 138 valence electrons. The van der Waals surface area contributed by atoms with Crippen LogP contribution < -0.4 is 0 Å². The second-order valence-electron chi connectivity index (χ2n) is 7.41. The van der Waals surface area contributed by atoms with Crippen LogP contribution in [-0.4, -0.2) is 42.4 Å². The molecule has 0 N–H and O–H groups in total. The van der Waals surface area contributed by atoms with Crippen LogP contribution in [0.2, 0.25) is 0 Å². The Hall–Kier alpha value is -2.13. The molecular formula is C23H30N2O. The molecule has 0 radical (unpaired) electrons. The highest BCUT2D eigenvalue weighted by Crippen LogP contribution is 2.30. The van der Waals surface area contributed by atoms with Crippen molar-refractivity contribution in [2.24, 2.45) is 5.92 Å². The molecule has 0 spiro atoms. The van der Waals surface area contributed by atoms with Crippen LogP contribution in [0.25, 0.3) is 0 Å². The molecule has 1 aliphatic carbocycles. The topological polar surface area (TPSA) is 23.6 Å². The van der Waals surface area contributed by atoms with E-state index in [9.17, 15) is 4.79 Å². The molecular weight excluding hydrogens is 320 g/mol. The summed E-state index contributed by atoms with van der Waals surface area (Å²) in [4.78, 5) is 17.4. The Morgan fingerprint density at radius 3 is 2.00 bits per heavy atom.